The second-order valence-electron chi connectivity index (χ2n) is 8.39. The molecule has 1 saturated heterocycles. The van der Waals surface area contributed by atoms with Crippen LogP contribution in [-0.2, 0) is 16.0 Å². The number of nitrogens with zero attached hydrogens (tertiary/aromatic N) is 2. The Bertz CT molecular complexity index is 1180. The molecule has 0 N–H and O–H groups in total. The quantitative estimate of drug-likeness (QED) is 0.418. The van der Waals surface area contributed by atoms with Crippen molar-refractivity contribution in [3.63, 3.8) is 0 Å². The van der Waals surface area contributed by atoms with Gasteiger partial charge in [-0.15, -0.1) is 0 Å². The number of methoxy groups -OCH3 is 1. The molecule has 0 aromatic heterocycles. The van der Waals surface area contributed by atoms with Crippen LogP contribution in [0.25, 0.3) is 0 Å². The van der Waals surface area contributed by atoms with Gasteiger partial charge in [-0.3, -0.25) is 9.69 Å². The van der Waals surface area contributed by atoms with E-state index in [2.05, 4.69) is 4.90 Å². The topological polar surface area (TPSA) is 68.3 Å². The molecule has 0 unspecified atom stereocenters. The van der Waals surface area contributed by atoms with Crippen LogP contribution in [0.3, 0.4) is 0 Å². The van der Waals surface area contributed by atoms with E-state index in [1.54, 1.807) is 23.1 Å². The lowest BCUT2D eigenvalue weighted by atomic mass is 10.1. The van der Waals surface area contributed by atoms with Crippen molar-refractivity contribution in [2.45, 2.75) is 6.54 Å². The van der Waals surface area contributed by atoms with Crippen molar-refractivity contribution < 1.29 is 28.2 Å². The van der Waals surface area contributed by atoms with Crippen LogP contribution in [0, 0.1) is 5.82 Å². The Morgan fingerprint density at radius 2 is 1.72 bits per heavy atom. The molecule has 0 bridgehead atoms. The standard InChI is InChI=1S/C28H29FN2O5/c1-34-28(33)23-5-2-4-21(18-23)20-31(27(32)22-8-10-24(29)11-9-22)25-6-3-7-26(19-25)36-17-14-30-12-15-35-16-13-30/h2-11,18-19H,12-17,20H2,1H3. The summed E-state index contributed by atoms with van der Waals surface area (Å²) in [6.45, 7) is 4.71. The van der Waals surface area contributed by atoms with Crippen molar-refractivity contribution in [3.05, 3.63) is 95.3 Å². The van der Waals surface area contributed by atoms with Crippen LogP contribution < -0.4 is 9.64 Å². The molecule has 1 fully saturated rings. The van der Waals surface area contributed by atoms with E-state index in [1.165, 1.54) is 31.4 Å². The van der Waals surface area contributed by atoms with Gasteiger partial charge in [-0.1, -0.05) is 18.2 Å². The number of hydrogen-bond donors (Lipinski definition) is 0. The molecule has 7 nitrogen and oxygen atoms in total. The van der Waals surface area contributed by atoms with Crippen LogP contribution in [0.5, 0.6) is 5.75 Å². The molecule has 1 aliphatic rings. The number of hydrogen-bond acceptors (Lipinski definition) is 6. The molecule has 188 valence electrons. The molecule has 8 heteroatoms. The summed E-state index contributed by atoms with van der Waals surface area (Å²) in [5.74, 6) is -0.534. The molecule has 0 radical (unpaired) electrons. The second kappa shape index (κ2) is 12.3. The van der Waals surface area contributed by atoms with Gasteiger partial charge in [-0.25, -0.2) is 9.18 Å². The minimum Gasteiger partial charge on any atom is -0.492 e. The van der Waals surface area contributed by atoms with Crippen molar-refractivity contribution in [2.24, 2.45) is 0 Å². The SMILES string of the molecule is COC(=O)c1cccc(CN(C(=O)c2ccc(F)cc2)c2cccc(OCCN3CCOCC3)c2)c1. The lowest BCUT2D eigenvalue weighted by Crippen LogP contribution is -2.38. The minimum atomic E-state index is -0.455. The third kappa shape index (κ3) is 6.68. The predicted octanol–water partition coefficient (Wildman–Crippen LogP) is 4.17. The van der Waals surface area contributed by atoms with E-state index in [-0.39, 0.29) is 12.5 Å². The highest BCUT2D eigenvalue weighted by Gasteiger charge is 2.20. The molecule has 0 aliphatic carbocycles. The first kappa shape index (κ1) is 25.3. The van der Waals surface area contributed by atoms with E-state index in [0.29, 0.717) is 29.2 Å². The maximum atomic E-state index is 13.5. The molecule has 1 amide bonds. The Balaban J connectivity index is 1.56. The summed E-state index contributed by atoms with van der Waals surface area (Å²) in [6.07, 6.45) is 0. The van der Waals surface area contributed by atoms with Crippen LogP contribution in [0.2, 0.25) is 0 Å². The molecule has 3 aromatic rings. The van der Waals surface area contributed by atoms with Gasteiger partial charge in [0.1, 0.15) is 18.2 Å². The van der Waals surface area contributed by atoms with Gasteiger partial charge in [0.2, 0.25) is 0 Å². The van der Waals surface area contributed by atoms with Crippen LogP contribution >= 0.6 is 0 Å². The molecule has 0 atom stereocenters. The summed E-state index contributed by atoms with van der Waals surface area (Å²) in [4.78, 5) is 29.4. The van der Waals surface area contributed by atoms with Crippen LogP contribution in [0.15, 0.2) is 72.8 Å². The highest BCUT2D eigenvalue weighted by molar-refractivity contribution is 6.06. The first-order valence-corrected chi connectivity index (χ1v) is 11.8. The number of ether oxygens (including phenoxy) is 3. The average Bonchev–Trinajstić information content (AvgIpc) is 2.92. The molecule has 36 heavy (non-hydrogen) atoms. The van der Waals surface area contributed by atoms with Gasteiger partial charge >= 0.3 is 5.97 Å². The van der Waals surface area contributed by atoms with Crippen molar-refractivity contribution in [2.75, 3.05) is 51.5 Å². The smallest absolute Gasteiger partial charge is 0.337 e. The first-order chi connectivity index (χ1) is 17.5. The van der Waals surface area contributed by atoms with E-state index >= 15 is 0 Å². The van der Waals surface area contributed by atoms with Crippen molar-refractivity contribution in [1.82, 2.24) is 4.90 Å². The molecular formula is C28H29FN2O5. The molecule has 0 saturated carbocycles. The van der Waals surface area contributed by atoms with E-state index in [1.807, 2.05) is 30.3 Å². The molecular weight excluding hydrogens is 463 g/mol. The van der Waals surface area contributed by atoms with E-state index in [0.717, 1.165) is 38.4 Å². The summed E-state index contributed by atoms with van der Waals surface area (Å²) in [6, 6.07) is 19.7. The number of rotatable bonds is 9. The van der Waals surface area contributed by atoms with E-state index in [4.69, 9.17) is 14.2 Å². The van der Waals surface area contributed by atoms with E-state index in [9.17, 15) is 14.0 Å². The second-order valence-corrected chi connectivity index (χ2v) is 8.39. The number of amides is 1. The summed E-state index contributed by atoms with van der Waals surface area (Å²) in [7, 11) is 1.32. The van der Waals surface area contributed by atoms with Gasteiger partial charge in [-0.05, 0) is 54.1 Å². The Kier molecular flexibility index (Phi) is 8.65. The zero-order chi connectivity index (χ0) is 25.3. The highest BCUT2D eigenvalue weighted by atomic mass is 19.1. The number of morpholine rings is 1. The molecule has 4 rings (SSSR count). The maximum absolute atomic E-state index is 13.5. The fourth-order valence-electron chi connectivity index (χ4n) is 3.98. The van der Waals surface area contributed by atoms with Gasteiger partial charge in [-0.2, -0.15) is 0 Å². The number of halogens is 1. The van der Waals surface area contributed by atoms with Gasteiger partial charge < -0.3 is 19.1 Å². The zero-order valence-corrected chi connectivity index (χ0v) is 20.2. The fourth-order valence-corrected chi connectivity index (χ4v) is 3.98. The van der Waals surface area contributed by atoms with Crippen molar-refractivity contribution in [3.8, 4) is 5.75 Å². The van der Waals surface area contributed by atoms with Crippen molar-refractivity contribution >= 4 is 17.6 Å². The van der Waals surface area contributed by atoms with E-state index < -0.39 is 11.8 Å². The Morgan fingerprint density at radius 1 is 0.972 bits per heavy atom. The largest absolute Gasteiger partial charge is 0.492 e. The number of carbonyl (C=O) groups is 2. The van der Waals surface area contributed by atoms with Crippen LogP contribution in [0.4, 0.5) is 10.1 Å². The number of benzene rings is 3. The molecule has 1 aliphatic heterocycles. The Labute approximate surface area is 210 Å². The van der Waals surface area contributed by atoms with Crippen LogP contribution in [-0.4, -0.2) is 63.3 Å². The number of carbonyl (C=O) groups excluding carboxylic acids is 2. The van der Waals surface area contributed by atoms with Gasteiger partial charge in [0.15, 0.2) is 0 Å². The minimum absolute atomic E-state index is 0.193. The lowest BCUT2D eigenvalue weighted by Gasteiger charge is -2.26. The number of anilines is 1. The Hall–Kier alpha value is -3.75. The van der Waals surface area contributed by atoms with Crippen LogP contribution in [0.1, 0.15) is 26.3 Å². The summed E-state index contributed by atoms with van der Waals surface area (Å²) in [5, 5.41) is 0. The first-order valence-electron chi connectivity index (χ1n) is 11.8. The monoisotopic (exact) mass is 492 g/mol. The Morgan fingerprint density at radius 3 is 2.47 bits per heavy atom. The van der Waals surface area contributed by atoms with Crippen molar-refractivity contribution in [1.29, 1.82) is 0 Å². The molecule has 1 heterocycles. The molecule has 0 spiro atoms. The van der Waals surface area contributed by atoms with Gasteiger partial charge in [0.05, 0.1) is 32.4 Å². The predicted molar refractivity (Wildman–Crippen MR) is 134 cm³/mol. The lowest BCUT2D eigenvalue weighted by molar-refractivity contribution is 0.0322. The third-order valence-corrected chi connectivity index (χ3v) is 5.93. The summed E-state index contributed by atoms with van der Waals surface area (Å²) >= 11 is 0. The number of esters is 1. The fraction of sp³-hybridized carbons (Fsp3) is 0.286. The summed E-state index contributed by atoms with van der Waals surface area (Å²) < 4.78 is 29.7. The highest BCUT2D eigenvalue weighted by Crippen LogP contribution is 2.25. The van der Waals surface area contributed by atoms with Gasteiger partial charge in [0, 0.05) is 37.0 Å². The average molecular weight is 493 g/mol. The molecule has 3 aromatic carbocycles. The van der Waals surface area contributed by atoms with Gasteiger partial charge in [0.25, 0.3) is 5.91 Å². The summed E-state index contributed by atoms with van der Waals surface area (Å²) in [5.41, 5.74) is 2.10. The third-order valence-electron chi connectivity index (χ3n) is 5.93. The zero-order valence-electron chi connectivity index (χ0n) is 20.2. The maximum Gasteiger partial charge on any atom is 0.337 e. The normalized spacial score (nSPS) is 13.7.